The highest BCUT2D eigenvalue weighted by Crippen LogP contribution is 2.20. The van der Waals surface area contributed by atoms with Crippen molar-refractivity contribution in [2.45, 2.75) is 32.4 Å². The van der Waals surface area contributed by atoms with Crippen LogP contribution in [0.2, 0.25) is 0 Å². The molecular weight excluding hydrogens is 350 g/mol. The second-order valence-corrected chi connectivity index (χ2v) is 7.48. The number of ether oxygens (including phenoxy) is 2. The number of thioether (sulfide) groups is 1. The molecule has 1 aliphatic heterocycles. The predicted molar refractivity (Wildman–Crippen MR) is 92.1 cm³/mol. The van der Waals surface area contributed by atoms with Crippen LogP contribution in [0.25, 0.3) is 0 Å². The van der Waals surface area contributed by atoms with Gasteiger partial charge in [0.15, 0.2) is 0 Å². The first-order chi connectivity index (χ1) is 11.6. The fourth-order valence-corrected chi connectivity index (χ4v) is 3.00. The lowest BCUT2D eigenvalue weighted by Gasteiger charge is -2.35. The summed E-state index contributed by atoms with van der Waals surface area (Å²) < 4.78 is 9.73. The van der Waals surface area contributed by atoms with Crippen LogP contribution < -0.4 is 10.6 Å². The molecule has 0 bridgehead atoms. The molecule has 1 rings (SSSR count). The molecule has 3 amide bonds. The molecule has 10 heteroatoms. The van der Waals surface area contributed by atoms with Gasteiger partial charge in [-0.1, -0.05) is 0 Å². The molecule has 1 aliphatic rings. The van der Waals surface area contributed by atoms with E-state index in [1.807, 2.05) is 0 Å². The zero-order valence-corrected chi connectivity index (χ0v) is 15.7. The van der Waals surface area contributed by atoms with Crippen LogP contribution in [0, 0.1) is 0 Å². The molecule has 142 valence electrons. The molecule has 1 atom stereocenters. The molecule has 0 radical (unpaired) electrons. The van der Waals surface area contributed by atoms with Crippen LogP contribution in [-0.4, -0.2) is 78.7 Å². The van der Waals surface area contributed by atoms with Gasteiger partial charge in [-0.3, -0.25) is 19.3 Å². The third-order valence-electron chi connectivity index (χ3n) is 3.14. The minimum atomic E-state index is -0.706. The van der Waals surface area contributed by atoms with E-state index in [2.05, 4.69) is 15.4 Å². The van der Waals surface area contributed by atoms with Gasteiger partial charge in [0.2, 0.25) is 11.8 Å². The molecule has 0 aromatic heterocycles. The van der Waals surface area contributed by atoms with E-state index in [-0.39, 0.29) is 13.1 Å². The van der Waals surface area contributed by atoms with Crippen molar-refractivity contribution in [2.24, 2.45) is 0 Å². The zero-order valence-electron chi connectivity index (χ0n) is 14.9. The molecule has 0 spiro atoms. The average Bonchev–Trinajstić information content (AvgIpc) is 2.55. The molecule has 0 aromatic rings. The number of nitrogens with zero attached hydrogens (tertiary/aromatic N) is 1. The summed E-state index contributed by atoms with van der Waals surface area (Å²) in [5.41, 5.74) is -0.656. The Bertz CT molecular complexity index is 520. The number of esters is 1. The molecule has 0 aliphatic carbocycles. The molecule has 2 N–H and O–H groups in total. The molecule has 1 heterocycles. The number of hydrogen-bond acceptors (Lipinski definition) is 7. The van der Waals surface area contributed by atoms with Crippen molar-refractivity contribution in [3.63, 3.8) is 0 Å². The Hall–Kier alpha value is -1.97. The Morgan fingerprint density at radius 3 is 2.44 bits per heavy atom. The van der Waals surface area contributed by atoms with Gasteiger partial charge in [0.05, 0.1) is 13.7 Å². The summed E-state index contributed by atoms with van der Waals surface area (Å²) >= 11 is 1.55. The highest BCUT2D eigenvalue weighted by atomic mass is 32.2. The van der Waals surface area contributed by atoms with Crippen LogP contribution in [-0.2, 0) is 23.9 Å². The van der Waals surface area contributed by atoms with Crippen molar-refractivity contribution in [1.82, 2.24) is 15.5 Å². The Morgan fingerprint density at radius 1 is 1.16 bits per heavy atom. The highest BCUT2D eigenvalue weighted by molar-refractivity contribution is 7.99. The van der Waals surface area contributed by atoms with Crippen molar-refractivity contribution >= 4 is 35.6 Å². The van der Waals surface area contributed by atoms with E-state index in [4.69, 9.17) is 4.74 Å². The van der Waals surface area contributed by atoms with Crippen molar-refractivity contribution in [3.05, 3.63) is 0 Å². The Kier molecular flexibility index (Phi) is 8.01. The Morgan fingerprint density at radius 2 is 1.84 bits per heavy atom. The molecule has 0 saturated carbocycles. The number of carbonyl (C=O) groups excluding carboxylic acids is 4. The van der Waals surface area contributed by atoms with Gasteiger partial charge in [0.25, 0.3) is 0 Å². The van der Waals surface area contributed by atoms with Crippen LogP contribution in [0.5, 0.6) is 0 Å². The summed E-state index contributed by atoms with van der Waals surface area (Å²) in [6, 6.07) is -0.706. The van der Waals surface area contributed by atoms with Crippen LogP contribution in [0.15, 0.2) is 0 Å². The van der Waals surface area contributed by atoms with Gasteiger partial charge in [0.1, 0.15) is 18.2 Å². The Labute approximate surface area is 151 Å². The van der Waals surface area contributed by atoms with E-state index in [1.165, 1.54) is 12.0 Å². The number of rotatable bonds is 5. The molecule has 25 heavy (non-hydrogen) atoms. The van der Waals surface area contributed by atoms with Gasteiger partial charge in [-0.2, -0.15) is 11.8 Å². The lowest BCUT2D eigenvalue weighted by molar-refractivity contribution is -0.141. The molecule has 9 nitrogen and oxygen atoms in total. The zero-order chi connectivity index (χ0) is 19.0. The molecule has 1 unspecified atom stereocenters. The number of amides is 3. The summed E-state index contributed by atoms with van der Waals surface area (Å²) in [6.07, 6.45) is -0.553. The standard InChI is InChI=1S/C15H25N3O6S/c1-15(2,3)24-14(22)18-5-6-25-9-10(18)13(21)17-7-11(19)16-8-12(20)23-4/h10H,5-9H2,1-4H3,(H,16,19)(H,17,21). The van der Waals surface area contributed by atoms with Gasteiger partial charge < -0.3 is 20.1 Å². The van der Waals surface area contributed by atoms with E-state index in [0.29, 0.717) is 18.1 Å². The lowest BCUT2D eigenvalue weighted by atomic mass is 10.2. The van der Waals surface area contributed by atoms with Gasteiger partial charge in [0, 0.05) is 18.1 Å². The van der Waals surface area contributed by atoms with Crippen molar-refractivity contribution in [2.75, 3.05) is 38.2 Å². The van der Waals surface area contributed by atoms with Crippen LogP contribution in [0.4, 0.5) is 4.79 Å². The third kappa shape index (κ3) is 7.63. The second-order valence-electron chi connectivity index (χ2n) is 6.34. The van der Waals surface area contributed by atoms with Crippen LogP contribution in [0.1, 0.15) is 20.8 Å². The second kappa shape index (κ2) is 9.50. The summed E-state index contributed by atoms with van der Waals surface area (Å²) in [5.74, 6) is -0.408. The van der Waals surface area contributed by atoms with E-state index in [9.17, 15) is 19.2 Å². The maximum absolute atomic E-state index is 12.3. The molecule has 0 aromatic carbocycles. The molecule has 1 fully saturated rings. The first-order valence-corrected chi connectivity index (χ1v) is 8.98. The highest BCUT2D eigenvalue weighted by Gasteiger charge is 2.35. The van der Waals surface area contributed by atoms with Gasteiger partial charge >= 0.3 is 12.1 Å². The van der Waals surface area contributed by atoms with Gasteiger partial charge in [-0.25, -0.2) is 4.79 Å². The van der Waals surface area contributed by atoms with Crippen molar-refractivity contribution < 1.29 is 28.7 Å². The minimum Gasteiger partial charge on any atom is -0.468 e. The number of carbonyl (C=O) groups is 4. The maximum atomic E-state index is 12.3. The van der Waals surface area contributed by atoms with E-state index in [1.54, 1.807) is 32.5 Å². The summed E-state index contributed by atoms with van der Waals surface area (Å²) in [7, 11) is 1.21. The first-order valence-electron chi connectivity index (χ1n) is 7.82. The van der Waals surface area contributed by atoms with Gasteiger partial charge in [-0.15, -0.1) is 0 Å². The van der Waals surface area contributed by atoms with E-state index < -0.39 is 35.5 Å². The first kappa shape index (κ1) is 21.1. The van der Waals surface area contributed by atoms with Crippen LogP contribution in [0.3, 0.4) is 0 Å². The topological polar surface area (TPSA) is 114 Å². The number of nitrogens with one attached hydrogen (secondary N) is 2. The average molecular weight is 375 g/mol. The molecular formula is C15H25N3O6S. The summed E-state index contributed by atoms with van der Waals surface area (Å²) in [4.78, 5) is 48.5. The Balaban J connectivity index is 2.54. The van der Waals surface area contributed by atoms with E-state index >= 15 is 0 Å². The fourth-order valence-electron chi connectivity index (χ4n) is 1.95. The monoisotopic (exact) mass is 375 g/mol. The smallest absolute Gasteiger partial charge is 0.411 e. The van der Waals surface area contributed by atoms with Crippen molar-refractivity contribution in [1.29, 1.82) is 0 Å². The minimum absolute atomic E-state index is 0.269. The SMILES string of the molecule is COC(=O)CNC(=O)CNC(=O)C1CSCCN1C(=O)OC(C)(C)C. The normalized spacial score (nSPS) is 17.4. The maximum Gasteiger partial charge on any atom is 0.411 e. The fraction of sp³-hybridized carbons (Fsp3) is 0.733. The largest absolute Gasteiger partial charge is 0.468 e. The van der Waals surface area contributed by atoms with Gasteiger partial charge in [-0.05, 0) is 20.8 Å². The quantitative estimate of drug-likeness (QED) is 0.637. The number of hydrogen-bond donors (Lipinski definition) is 2. The van der Waals surface area contributed by atoms with E-state index in [0.717, 1.165) is 0 Å². The summed E-state index contributed by atoms with van der Waals surface area (Å²) in [5, 5.41) is 4.79. The third-order valence-corrected chi connectivity index (χ3v) is 4.16. The van der Waals surface area contributed by atoms with Crippen LogP contribution >= 0.6 is 11.8 Å². The number of methoxy groups -OCH3 is 1. The lowest BCUT2D eigenvalue weighted by Crippen LogP contribution is -2.56. The predicted octanol–water partition coefficient (Wildman–Crippen LogP) is -0.256. The summed E-state index contributed by atoms with van der Waals surface area (Å²) in [6.45, 7) is 5.10. The van der Waals surface area contributed by atoms with Crippen molar-refractivity contribution in [3.8, 4) is 0 Å². The molecule has 1 saturated heterocycles.